The second kappa shape index (κ2) is 8.42. The second-order valence-electron chi connectivity index (χ2n) is 4.87. The number of methoxy groups -OCH3 is 1. The Morgan fingerprint density at radius 1 is 1.38 bits per heavy atom. The Balaban J connectivity index is 1.98. The molecule has 0 saturated carbocycles. The molecule has 0 saturated heterocycles. The molecule has 0 unspecified atom stereocenters. The van der Waals surface area contributed by atoms with Gasteiger partial charge in [0.2, 0.25) is 0 Å². The Labute approximate surface area is 146 Å². The number of nitrogens with zero attached hydrogens (tertiary/aromatic N) is 2. The van der Waals surface area contributed by atoms with Crippen molar-refractivity contribution in [2.45, 2.75) is 0 Å². The molecular formula is C16H13FN3O6-. The van der Waals surface area contributed by atoms with Crippen molar-refractivity contribution >= 4 is 17.8 Å². The van der Waals surface area contributed by atoms with Crippen LogP contribution in [0.2, 0.25) is 0 Å². The van der Waals surface area contributed by atoms with E-state index in [0.29, 0.717) is 0 Å². The first-order chi connectivity index (χ1) is 12.4. The van der Waals surface area contributed by atoms with Crippen LogP contribution in [-0.4, -0.2) is 30.8 Å². The van der Waals surface area contributed by atoms with Gasteiger partial charge in [0.15, 0.2) is 6.61 Å². The smallest absolute Gasteiger partial charge is 0.277 e. The maximum atomic E-state index is 13.0. The summed E-state index contributed by atoms with van der Waals surface area (Å²) in [6.45, 7) is -0.413. The van der Waals surface area contributed by atoms with E-state index in [9.17, 15) is 24.4 Å². The van der Waals surface area contributed by atoms with Gasteiger partial charge in [0.25, 0.3) is 11.6 Å². The van der Waals surface area contributed by atoms with E-state index in [4.69, 9.17) is 9.47 Å². The number of ether oxygens (including phenoxy) is 2. The number of carbonyl (C=O) groups is 1. The van der Waals surface area contributed by atoms with Gasteiger partial charge in [0.1, 0.15) is 17.3 Å². The maximum Gasteiger partial charge on any atom is 0.277 e. The molecule has 2 rings (SSSR count). The fourth-order valence-electron chi connectivity index (χ4n) is 1.89. The fraction of sp³-hybridized carbons (Fsp3) is 0.125. The van der Waals surface area contributed by atoms with Gasteiger partial charge in [-0.25, -0.2) is 9.82 Å². The molecule has 0 aromatic heterocycles. The largest absolute Gasteiger partial charge is 0.865 e. The summed E-state index contributed by atoms with van der Waals surface area (Å²) in [7, 11) is 1.20. The monoisotopic (exact) mass is 362 g/mol. The lowest BCUT2D eigenvalue weighted by Crippen LogP contribution is -2.24. The average molecular weight is 362 g/mol. The summed E-state index contributed by atoms with van der Waals surface area (Å²) >= 11 is 0. The summed E-state index contributed by atoms with van der Waals surface area (Å²) in [5, 5.41) is 26.2. The molecule has 0 aliphatic rings. The van der Waals surface area contributed by atoms with Crippen LogP contribution in [0.1, 0.15) is 5.56 Å². The van der Waals surface area contributed by atoms with E-state index in [-0.39, 0.29) is 17.1 Å². The molecular weight excluding hydrogens is 349 g/mol. The number of nitrogens with one attached hydrogen (secondary N) is 1. The number of hydrogen-bond donors (Lipinski definition) is 1. The first kappa shape index (κ1) is 18.6. The molecule has 9 nitrogen and oxygen atoms in total. The molecule has 1 amide bonds. The van der Waals surface area contributed by atoms with Crippen molar-refractivity contribution in [3.05, 3.63) is 57.9 Å². The Morgan fingerprint density at radius 2 is 2.15 bits per heavy atom. The van der Waals surface area contributed by atoms with E-state index >= 15 is 0 Å². The number of rotatable bonds is 7. The lowest BCUT2D eigenvalue weighted by Gasteiger charge is -2.12. The number of hydrogen-bond acceptors (Lipinski definition) is 7. The topological polar surface area (TPSA) is 126 Å². The van der Waals surface area contributed by atoms with Crippen LogP contribution in [0.25, 0.3) is 0 Å². The van der Waals surface area contributed by atoms with Crippen molar-refractivity contribution < 1.29 is 28.7 Å². The quantitative estimate of drug-likeness (QED) is 0.450. The van der Waals surface area contributed by atoms with E-state index in [0.717, 1.165) is 18.3 Å². The van der Waals surface area contributed by atoms with Gasteiger partial charge in [-0.3, -0.25) is 14.9 Å². The number of nitro groups is 1. The molecule has 0 spiro atoms. The van der Waals surface area contributed by atoms with E-state index in [2.05, 4.69) is 10.5 Å². The van der Waals surface area contributed by atoms with Crippen molar-refractivity contribution in [2.75, 3.05) is 13.7 Å². The molecule has 10 heteroatoms. The molecule has 0 atom stereocenters. The molecule has 0 radical (unpaired) electrons. The zero-order chi connectivity index (χ0) is 19.1. The van der Waals surface area contributed by atoms with E-state index < -0.39 is 34.7 Å². The van der Waals surface area contributed by atoms with Crippen molar-refractivity contribution in [3.8, 4) is 17.2 Å². The number of benzene rings is 2. The van der Waals surface area contributed by atoms with Crippen molar-refractivity contribution in [2.24, 2.45) is 5.10 Å². The Hall–Kier alpha value is -3.69. The fourth-order valence-corrected chi connectivity index (χ4v) is 1.89. The summed E-state index contributed by atoms with van der Waals surface area (Å²) in [5.74, 6) is -2.04. The molecule has 0 heterocycles. The first-order valence-electron chi connectivity index (χ1n) is 7.14. The number of hydrazone groups is 1. The molecule has 2 aromatic carbocycles. The van der Waals surface area contributed by atoms with E-state index in [1.165, 1.54) is 31.4 Å². The van der Waals surface area contributed by atoms with Gasteiger partial charge in [-0.2, -0.15) is 5.10 Å². The predicted molar refractivity (Wildman–Crippen MR) is 86.7 cm³/mol. The van der Waals surface area contributed by atoms with Crippen LogP contribution in [0.3, 0.4) is 0 Å². The number of carbonyl (C=O) groups excluding carboxylic acids is 1. The maximum absolute atomic E-state index is 13.0. The zero-order valence-electron chi connectivity index (χ0n) is 13.5. The summed E-state index contributed by atoms with van der Waals surface area (Å²) < 4.78 is 22.8. The highest BCUT2D eigenvalue weighted by atomic mass is 19.1. The second-order valence-corrected chi connectivity index (χ2v) is 4.87. The van der Waals surface area contributed by atoms with Crippen LogP contribution in [-0.2, 0) is 4.79 Å². The standard InChI is InChI=1S/C16H14FN3O6/c1-25-14-6-10(5-13(16(14)22)20(23)24)8-18-19-15(21)9-26-12-4-2-3-11(17)7-12/h2-8,22H,9H2,1H3,(H,19,21)/p-1/b18-8-. The van der Waals surface area contributed by atoms with Crippen LogP contribution in [0, 0.1) is 15.9 Å². The van der Waals surface area contributed by atoms with E-state index in [1.807, 2.05) is 0 Å². The number of halogens is 1. The molecule has 0 aliphatic carbocycles. The Bertz CT molecular complexity index is 856. The van der Waals surface area contributed by atoms with Gasteiger partial charge < -0.3 is 14.6 Å². The van der Waals surface area contributed by atoms with Crippen LogP contribution in [0.15, 0.2) is 41.5 Å². The minimum Gasteiger partial charge on any atom is -0.865 e. The molecule has 1 N–H and O–H groups in total. The summed E-state index contributed by atoms with van der Waals surface area (Å²) in [6.07, 6.45) is 1.11. The van der Waals surface area contributed by atoms with Crippen LogP contribution in [0.4, 0.5) is 10.1 Å². The summed E-state index contributed by atoms with van der Waals surface area (Å²) in [6, 6.07) is 7.51. The SMILES string of the molecule is COc1cc(/C=N\NC(=O)COc2cccc(F)c2)cc([N+](=O)[O-])c1[O-]. The lowest BCUT2D eigenvalue weighted by atomic mass is 10.2. The third-order valence-corrected chi connectivity index (χ3v) is 3.04. The highest BCUT2D eigenvalue weighted by Crippen LogP contribution is 2.33. The lowest BCUT2D eigenvalue weighted by molar-refractivity contribution is -0.398. The van der Waals surface area contributed by atoms with Gasteiger partial charge in [-0.05, 0) is 18.2 Å². The average Bonchev–Trinajstić information content (AvgIpc) is 2.61. The molecule has 2 aromatic rings. The Morgan fingerprint density at radius 3 is 2.81 bits per heavy atom. The predicted octanol–water partition coefficient (Wildman–Crippen LogP) is 1.35. The Kier molecular flexibility index (Phi) is 6.04. The zero-order valence-corrected chi connectivity index (χ0v) is 13.5. The van der Waals surface area contributed by atoms with Gasteiger partial charge in [-0.15, -0.1) is 0 Å². The van der Waals surface area contributed by atoms with Gasteiger partial charge in [-0.1, -0.05) is 6.07 Å². The summed E-state index contributed by atoms with van der Waals surface area (Å²) in [5.41, 5.74) is 1.65. The minimum absolute atomic E-state index is 0.176. The molecule has 0 bridgehead atoms. The highest BCUT2D eigenvalue weighted by Gasteiger charge is 2.12. The molecule has 0 aliphatic heterocycles. The van der Waals surface area contributed by atoms with Crippen LogP contribution < -0.4 is 20.0 Å². The van der Waals surface area contributed by atoms with Crippen LogP contribution >= 0.6 is 0 Å². The van der Waals surface area contributed by atoms with Crippen molar-refractivity contribution in [1.29, 1.82) is 0 Å². The number of nitro benzene ring substituents is 1. The first-order valence-corrected chi connectivity index (χ1v) is 7.14. The normalized spacial score (nSPS) is 10.5. The third-order valence-electron chi connectivity index (χ3n) is 3.04. The van der Waals surface area contributed by atoms with Crippen LogP contribution in [0.5, 0.6) is 17.2 Å². The van der Waals surface area contributed by atoms with Gasteiger partial charge in [0, 0.05) is 23.4 Å². The molecule has 136 valence electrons. The minimum atomic E-state index is -0.859. The van der Waals surface area contributed by atoms with Crippen molar-refractivity contribution in [3.63, 3.8) is 0 Å². The molecule has 0 fully saturated rings. The van der Waals surface area contributed by atoms with Crippen molar-refractivity contribution in [1.82, 2.24) is 5.43 Å². The van der Waals surface area contributed by atoms with E-state index in [1.54, 1.807) is 0 Å². The summed E-state index contributed by atoms with van der Waals surface area (Å²) in [4.78, 5) is 21.6. The third kappa shape index (κ3) is 4.90. The molecule has 26 heavy (non-hydrogen) atoms. The van der Waals surface area contributed by atoms with Gasteiger partial charge in [0.05, 0.1) is 18.2 Å². The highest BCUT2D eigenvalue weighted by molar-refractivity contribution is 5.85. The van der Waals surface area contributed by atoms with Gasteiger partial charge >= 0.3 is 0 Å². The number of amides is 1.